The number of likely N-dealkylation sites (N-methyl/N-ethyl adjacent to an activating group) is 1. The van der Waals surface area contributed by atoms with Gasteiger partial charge < -0.3 is 55.9 Å². The molecule has 0 saturated carbocycles. The number of hydrogen-bond donors (Lipinski definition) is 8. The fourth-order valence-corrected chi connectivity index (χ4v) is 11.6. The van der Waals surface area contributed by atoms with E-state index in [1.165, 1.54) is 9.80 Å². The van der Waals surface area contributed by atoms with Gasteiger partial charge in [-0.3, -0.25) is 48.2 Å². The number of hydrogen-bond acceptors (Lipinski definition) is 11. The van der Waals surface area contributed by atoms with Gasteiger partial charge in [-0.2, -0.15) is 8.78 Å². The Morgan fingerprint density at radius 1 is 0.916 bits per heavy atom. The minimum atomic E-state index is -6.00. The van der Waals surface area contributed by atoms with Crippen LogP contribution in [0.15, 0.2) is 66.7 Å². The number of rotatable bonds is 24. The van der Waals surface area contributed by atoms with Crippen LogP contribution in [0.3, 0.4) is 0 Å². The number of aromatic nitrogens is 1. The molecule has 0 aliphatic carbocycles. The van der Waals surface area contributed by atoms with Crippen molar-refractivity contribution in [3.05, 3.63) is 106 Å². The Balaban J connectivity index is 0.808. The minimum Gasteiger partial charge on any atom is -0.379 e. The first-order valence-electron chi connectivity index (χ1n) is 28.0. The molecule has 21 nitrogen and oxygen atoms in total. The monoisotopic (exact) mass is 1170 g/mol. The summed E-state index contributed by atoms with van der Waals surface area (Å²) in [6, 6.07) is 11.1. The number of nitrogens with two attached hydrogens (primary N) is 1. The molecule has 0 spiro atoms. The third kappa shape index (κ3) is 14.9. The zero-order valence-corrected chi connectivity index (χ0v) is 46.8. The smallest absolute Gasteiger partial charge is 0.379 e. The van der Waals surface area contributed by atoms with Crippen LogP contribution >= 0.6 is 7.60 Å². The number of imide groups is 1. The maximum atomic E-state index is 15.8. The van der Waals surface area contributed by atoms with Gasteiger partial charge in [0.25, 0.3) is 11.8 Å². The number of benzene rings is 3. The van der Waals surface area contributed by atoms with Crippen molar-refractivity contribution in [1.29, 1.82) is 0 Å². The number of carbonyl (C=O) groups excluding carboxylic acids is 8. The van der Waals surface area contributed by atoms with E-state index in [0.29, 0.717) is 56.5 Å². The molecule has 83 heavy (non-hydrogen) atoms. The van der Waals surface area contributed by atoms with E-state index in [0.717, 1.165) is 67.7 Å². The second kappa shape index (κ2) is 27.3. The van der Waals surface area contributed by atoms with Crippen molar-refractivity contribution in [2.75, 3.05) is 33.4 Å². The van der Waals surface area contributed by atoms with E-state index in [4.69, 9.17) is 10.5 Å². The molecule has 8 amide bonds. The van der Waals surface area contributed by atoms with Crippen molar-refractivity contribution in [3.63, 3.8) is 0 Å². The lowest BCUT2D eigenvalue weighted by atomic mass is 10.0. The quantitative estimate of drug-likeness (QED) is 0.0201. The maximum Gasteiger partial charge on any atom is 0.399 e. The third-order valence-corrected chi connectivity index (χ3v) is 16.7. The van der Waals surface area contributed by atoms with Crippen LogP contribution < -0.4 is 27.0 Å². The SMILES string of the molecule is CN1CC[C@H]2CC[C@@H](C(=O)N[C@@H](CCC(N)=O)C(=O)N[C@@H](COCCCCCCCCCC#Cc3cccc4c3CN(C3CCC(=O)NC3=O)C4=O)c3ccccc3)N2C(=O)[C@@H](NC(=O)c2[nH]c3ccc(C(F)(F)P(=O)(O)O)cc3c2F)C1. The first kappa shape index (κ1) is 61.6. The number of fused-ring (bicyclic) bond motifs is 3. The number of H-pyrrole nitrogens is 1. The molecule has 4 aromatic rings. The highest BCUT2D eigenvalue weighted by Crippen LogP contribution is 2.59. The van der Waals surface area contributed by atoms with Gasteiger partial charge in [-0.25, -0.2) is 4.39 Å². The molecule has 3 aromatic carbocycles. The minimum absolute atomic E-state index is 0.0722. The summed E-state index contributed by atoms with van der Waals surface area (Å²) >= 11 is 0. The number of halogens is 3. The van der Waals surface area contributed by atoms with Crippen LogP contribution in [0, 0.1) is 17.7 Å². The fourth-order valence-electron chi connectivity index (χ4n) is 11.2. The highest BCUT2D eigenvalue weighted by atomic mass is 31.2. The molecule has 3 saturated heterocycles. The van der Waals surface area contributed by atoms with Crippen LogP contribution in [0.4, 0.5) is 13.2 Å². The van der Waals surface area contributed by atoms with Crippen molar-refractivity contribution in [2.24, 2.45) is 5.73 Å². The predicted octanol–water partition coefficient (Wildman–Crippen LogP) is 4.89. The van der Waals surface area contributed by atoms with Gasteiger partial charge in [0.2, 0.25) is 35.4 Å². The number of carbonyl (C=O) groups is 8. The Labute approximate surface area is 477 Å². The Morgan fingerprint density at radius 2 is 1.65 bits per heavy atom. The van der Waals surface area contributed by atoms with Crippen LogP contribution in [0.1, 0.15) is 145 Å². The summed E-state index contributed by atoms with van der Waals surface area (Å²) in [6.07, 6.45) is 8.43. The molecule has 444 valence electrons. The molecule has 0 bridgehead atoms. The van der Waals surface area contributed by atoms with Crippen molar-refractivity contribution < 1.29 is 70.6 Å². The third-order valence-electron chi connectivity index (χ3n) is 15.7. The van der Waals surface area contributed by atoms with Gasteiger partial charge in [0.05, 0.1) is 12.6 Å². The number of aromatic amines is 1. The molecule has 3 fully saturated rings. The average molecular weight is 1170 g/mol. The zero-order chi connectivity index (χ0) is 59.6. The van der Waals surface area contributed by atoms with E-state index in [-0.39, 0.29) is 62.7 Å². The molecule has 4 aliphatic rings. The summed E-state index contributed by atoms with van der Waals surface area (Å²) in [5.74, 6) is 0.302. The summed E-state index contributed by atoms with van der Waals surface area (Å²) in [5.41, 5.74) is 1.64. The largest absolute Gasteiger partial charge is 0.399 e. The molecular weight excluding hydrogens is 1100 g/mol. The van der Waals surface area contributed by atoms with Crippen LogP contribution in [0.2, 0.25) is 0 Å². The van der Waals surface area contributed by atoms with Crippen LogP contribution in [-0.2, 0) is 50.3 Å². The molecule has 25 heteroatoms. The molecule has 9 N–H and O–H groups in total. The topological polar surface area (TPSA) is 303 Å². The Kier molecular flexibility index (Phi) is 20.3. The molecule has 8 rings (SSSR count). The standard InChI is InChI=1S/C58H69F3N9O12P/c1-68-29-28-38-21-24-47(70(38)57(78)44(33-68)65-55(76)51-50(59)40-31-37(20-22-42(40)63-51)58(60,61)83(79,80)81)54(75)64-43(23-26-48(62)71)52(73)66-45(36-16-11-9-12-17-36)34-82-30-13-8-6-4-2-3-5-7-10-15-35-18-14-19-39-41(35)32-69(56(39)77)46-25-27-49(72)67-53(46)74/h9,11-12,14,16-20,22,31,38,43-47,63H,2-8,13,21,23-30,32-34H2,1H3,(H2,62,71)(H,64,75)(H,65,76)(H,66,73)(H,67,72,74)(H2,79,80,81)/t38-,43+,44+,45+,46?,47+/m1/s1. The number of unbranched alkanes of at least 4 members (excludes halogenated alkanes) is 7. The Bertz CT molecular complexity index is 3220. The van der Waals surface area contributed by atoms with E-state index in [1.807, 2.05) is 36.4 Å². The van der Waals surface area contributed by atoms with E-state index in [2.05, 4.69) is 38.1 Å². The highest BCUT2D eigenvalue weighted by Gasteiger charge is 2.51. The van der Waals surface area contributed by atoms with Crippen LogP contribution in [0.25, 0.3) is 10.9 Å². The van der Waals surface area contributed by atoms with Crippen LogP contribution in [0.5, 0.6) is 0 Å². The molecule has 5 heterocycles. The van der Waals surface area contributed by atoms with Crippen molar-refractivity contribution >= 4 is 65.8 Å². The molecule has 6 atom stereocenters. The summed E-state index contributed by atoms with van der Waals surface area (Å²) < 4.78 is 62.5. The summed E-state index contributed by atoms with van der Waals surface area (Å²) in [7, 11) is -4.29. The molecular formula is C58H69F3N9O12P. The van der Waals surface area contributed by atoms with Gasteiger partial charge in [0.15, 0.2) is 5.82 Å². The second-order valence-electron chi connectivity index (χ2n) is 21.6. The van der Waals surface area contributed by atoms with Gasteiger partial charge in [-0.15, -0.1) is 0 Å². The first-order chi connectivity index (χ1) is 39.6. The van der Waals surface area contributed by atoms with Gasteiger partial charge in [-0.1, -0.05) is 86.4 Å². The summed E-state index contributed by atoms with van der Waals surface area (Å²) in [6.45, 7) is 1.14. The number of amides is 8. The first-order valence-corrected chi connectivity index (χ1v) is 29.6. The number of alkyl halides is 2. The summed E-state index contributed by atoms with van der Waals surface area (Å²) in [4.78, 5) is 132. The summed E-state index contributed by atoms with van der Waals surface area (Å²) in [5, 5.41) is 10.0. The lowest BCUT2D eigenvalue weighted by molar-refractivity contribution is -0.144. The lowest BCUT2D eigenvalue weighted by Gasteiger charge is -2.38. The van der Waals surface area contributed by atoms with Crippen LogP contribution in [-0.4, -0.2) is 140 Å². The van der Waals surface area contributed by atoms with Gasteiger partial charge in [0, 0.05) is 72.6 Å². The normalized spacial score (nSPS) is 20.1. The highest BCUT2D eigenvalue weighted by molar-refractivity contribution is 7.52. The fraction of sp³-hybridized carbons (Fsp3) is 0.483. The average Bonchev–Trinajstić information content (AvgIpc) is 4.24. The number of nitrogens with one attached hydrogen (secondary N) is 5. The Morgan fingerprint density at radius 3 is 2.37 bits per heavy atom. The van der Waals surface area contributed by atoms with E-state index in [1.54, 1.807) is 24.1 Å². The van der Waals surface area contributed by atoms with E-state index in [9.17, 15) is 61.5 Å². The number of ether oxygens (including phenoxy) is 1. The van der Waals surface area contributed by atoms with Crippen molar-refractivity contribution in [3.8, 4) is 11.8 Å². The van der Waals surface area contributed by atoms with E-state index >= 15 is 4.39 Å². The van der Waals surface area contributed by atoms with Gasteiger partial charge >= 0.3 is 13.3 Å². The number of piperidine rings is 1. The van der Waals surface area contributed by atoms with E-state index < -0.39 is 107 Å². The lowest BCUT2D eigenvalue weighted by Crippen LogP contribution is -2.61. The van der Waals surface area contributed by atoms with Gasteiger partial charge in [-0.05, 0) is 93.9 Å². The predicted molar refractivity (Wildman–Crippen MR) is 296 cm³/mol. The van der Waals surface area contributed by atoms with Crippen molar-refractivity contribution in [1.82, 2.24) is 41.0 Å². The second-order valence-corrected chi connectivity index (χ2v) is 23.3. The molecule has 1 unspecified atom stereocenters. The Hall–Kier alpha value is -7.42. The number of primary amides is 1. The maximum absolute atomic E-state index is 15.8. The molecule has 1 aromatic heterocycles. The van der Waals surface area contributed by atoms with Crippen molar-refractivity contribution in [2.45, 2.75) is 145 Å². The molecule has 4 aliphatic heterocycles. The zero-order valence-electron chi connectivity index (χ0n) is 45.9. The number of nitrogens with zero attached hydrogens (tertiary/aromatic N) is 3. The van der Waals surface area contributed by atoms with Gasteiger partial charge in [0.1, 0.15) is 29.9 Å². The molecule has 0 radical (unpaired) electrons.